The van der Waals surface area contributed by atoms with E-state index in [1.165, 1.54) is 11.8 Å². The zero-order chi connectivity index (χ0) is 14.7. The van der Waals surface area contributed by atoms with Gasteiger partial charge in [-0.3, -0.25) is 9.59 Å². The number of hydrogen-bond donors (Lipinski definition) is 1. The molecule has 1 aliphatic rings. The van der Waals surface area contributed by atoms with Gasteiger partial charge in [-0.05, 0) is 32.9 Å². The lowest BCUT2D eigenvalue weighted by molar-refractivity contribution is -0.134. The van der Waals surface area contributed by atoms with Crippen molar-refractivity contribution in [3.8, 4) is 0 Å². The van der Waals surface area contributed by atoms with Gasteiger partial charge in [-0.2, -0.15) is 0 Å². The van der Waals surface area contributed by atoms with Gasteiger partial charge in [0.25, 0.3) is 0 Å². The lowest BCUT2D eigenvalue weighted by Crippen LogP contribution is -2.40. The Labute approximate surface area is 123 Å². The summed E-state index contributed by atoms with van der Waals surface area (Å²) in [5.74, 6) is -0.0450. The average Bonchev–Trinajstić information content (AvgIpc) is 2.40. The van der Waals surface area contributed by atoms with Crippen LogP contribution in [-0.4, -0.2) is 34.6 Å². The van der Waals surface area contributed by atoms with E-state index in [1.807, 2.05) is 45.0 Å². The Balaban J connectivity index is 2.08. The number of para-hydroxylation sites is 1. The van der Waals surface area contributed by atoms with E-state index in [0.29, 0.717) is 6.54 Å². The molecule has 1 atom stereocenters. The summed E-state index contributed by atoms with van der Waals surface area (Å²) in [7, 11) is 0. The van der Waals surface area contributed by atoms with E-state index in [0.717, 1.165) is 10.6 Å². The Morgan fingerprint density at radius 3 is 2.75 bits per heavy atom. The summed E-state index contributed by atoms with van der Waals surface area (Å²) in [6.45, 7) is 6.61. The molecule has 1 aliphatic heterocycles. The lowest BCUT2D eigenvalue weighted by atomic mass is 10.2. The van der Waals surface area contributed by atoms with Gasteiger partial charge in [0.15, 0.2) is 0 Å². The number of nitrogens with one attached hydrogen (secondary N) is 1. The number of amides is 2. The standard InChI is InChI=1S/C15H20N2O2S/c1-4-17(10(2)3)14(18)9-13-15(19)16-11-7-5-6-8-12(11)20-13/h5-8,10,13H,4,9H2,1-3H3,(H,16,19). The molecule has 0 spiro atoms. The normalized spacial score (nSPS) is 17.6. The summed E-state index contributed by atoms with van der Waals surface area (Å²) < 4.78 is 0. The summed E-state index contributed by atoms with van der Waals surface area (Å²) in [6.07, 6.45) is 0.247. The molecule has 4 nitrogen and oxygen atoms in total. The molecule has 0 saturated heterocycles. The number of anilines is 1. The Kier molecular flexibility index (Phi) is 4.70. The molecule has 20 heavy (non-hydrogen) atoms. The molecule has 0 saturated carbocycles. The van der Waals surface area contributed by atoms with Crippen molar-refractivity contribution < 1.29 is 9.59 Å². The van der Waals surface area contributed by atoms with Crippen LogP contribution in [0, 0.1) is 0 Å². The van der Waals surface area contributed by atoms with E-state index < -0.39 is 0 Å². The predicted octanol–water partition coefficient (Wildman–Crippen LogP) is 2.75. The second kappa shape index (κ2) is 6.31. The van der Waals surface area contributed by atoms with Crippen LogP contribution < -0.4 is 5.32 Å². The van der Waals surface area contributed by atoms with Crippen LogP contribution in [0.4, 0.5) is 5.69 Å². The van der Waals surface area contributed by atoms with E-state index in [1.54, 1.807) is 4.90 Å². The van der Waals surface area contributed by atoms with Gasteiger partial charge in [0.1, 0.15) is 0 Å². The molecule has 1 aromatic rings. The minimum absolute atomic E-state index is 0.0366. The van der Waals surface area contributed by atoms with E-state index in [2.05, 4.69) is 5.32 Å². The van der Waals surface area contributed by atoms with Crippen molar-refractivity contribution in [2.24, 2.45) is 0 Å². The van der Waals surface area contributed by atoms with Crippen molar-refractivity contribution >= 4 is 29.3 Å². The van der Waals surface area contributed by atoms with Gasteiger partial charge in [-0.1, -0.05) is 12.1 Å². The average molecular weight is 292 g/mol. The second-order valence-electron chi connectivity index (χ2n) is 5.07. The first kappa shape index (κ1) is 14.9. The molecule has 0 aromatic heterocycles. The fourth-order valence-electron chi connectivity index (χ4n) is 2.33. The number of thioether (sulfide) groups is 1. The molecule has 0 radical (unpaired) electrons. The fraction of sp³-hybridized carbons (Fsp3) is 0.467. The third kappa shape index (κ3) is 3.15. The van der Waals surface area contributed by atoms with E-state index in [-0.39, 0.29) is 29.5 Å². The van der Waals surface area contributed by atoms with E-state index in [4.69, 9.17) is 0 Å². The summed E-state index contributed by atoms with van der Waals surface area (Å²) in [5, 5.41) is 2.53. The minimum atomic E-state index is -0.342. The number of fused-ring (bicyclic) bond motifs is 1. The topological polar surface area (TPSA) is 49.4 Å². The third-order valence-corrected chi connectivity index (χ3v) is 4.63. The number of nitrogens with zero attached hydrogens (tertiary/aromatic N) is 1. The van der Waals surface area contributed by atoms with E-state index >= 15 is 0 Å². The minimum Gasteiger partial charge on any atom is -0.341 e. The molecule has 1 unspecified atom stereocenters. The van der Waals surface area contributed by atoms with Gasteiger partial charge < -0.3 is 10.2 Å². The van der Waals surface area contributed by atoms with Crippen molar-refractivity contribution in [3.63, 3.8) is 0 Å². The molecule has 2 rings (SSSR count). The van der Waals surface area contributed by atoms with Crippen LogP contribution in [0.2, 0.25) is 0 Å². The number of carbonyl (C=O) groups excluding carboxylic acids is 2. The van der Waals surface area contributed by atoms with E-state index in [9.17, 15) is 9.59 Å². The molecule has 0 bridgehead atoms. The van der Waals surface area contributed by atoms with Crippen molar-refractivity contribution in [1.82, 2.24) is 4.90 Å². The van der Waals surface area contributed by atoms with Crippen molar-refractivity contribution in [3.05, 3.63) is 24.3 Å². The maximum absolute atomic E-state index is 12.3. The highest BCUT2D eigenvalue weighted by molar-refractivity contribution is 8.01. The first-order chi connectivity index (χ1) is 9.52. The number of hydrogen-bond acceptors (Lipinski definition) is 3. The van der Waals surface area contributed by atoms with Gasteiger partial charge >= 0.3 is 0 Å². The lowest BCUT2D eigenvalue weighted by Gasteiger charge is -2.29. The maximum Gasteiger partial charge on any atom is 0.238 e. The van der Waals surface area contributed by atoms with Crippen molar-refractivity contribution in [1.29, 1.82) is 0 Å². The number of carbonyl (C=O) groups is 2. The van der Waals surface area contributed by atoms with Crippen molar-refractivity contribution in [2.45, 2.75) is 43.4 Å². The zero-order valence-electron chi connectivity index (χ0n) is 12.1. The van der Waals surface area contributed by atoms with Crippen LogP contribution in [0.1, 0.15) is 27.2 Å². The molecule has 1 N–H and O–H groups in total. The highest BCUT2D eigenvalue weighted by atomic mass is 32.2. The first-order valence-electron chi connectivity index (χ1n) is 6.89. The molecule has 1 aromatic carbocycles. The maximum atomic E-state index is 12.3. The first-order valence-corrected chi connectivity index (χ1v) is 7.77. The smallest absolute Gasteiger partial charge is 0.238 e. The van der Waals surface area contributed by atoms with Crippen LogP contribution in [0.15, 0.2) is 29.2 Å². The third-order valence-electron chi connectivity index (χ3n) is 3.35. The quantitative estimate of drug-likeness (QED) is 0.928. The number of benzene rings is 1. The Hall–Kier alpha value is -1.49. The molecule has 1 heterocycles. The Morgan fingerprint density at radius 1 is 1.40 bits per heavy atom. The fourth-order valence-corrected chi connectivity index (χ4v) is 3.43. The van der Waals surface area contributed by atoms with Crippen molar-refractivity contribution in [2.75, 3.05) is 11.9 Å². The molecule has 0 fully saturated rings. The Morgan fingerprint density at radius 2 is 2.10 bits per heavy atom. The summed E-state index contributed by atoms with van der Waals surface area (Å²) in [5.41, 5.74) is 0.836. The molecule has 2 amide bonds. The highest BCUT2D eigenvalue weighted by Gasteiger charge is 2.30. The van der Waals surface area contributed by atoms with Crippen LogP contribution in [0.3, 0.4) is 0 Å². The monoisotopic (exact) mass is 292 g/mol. The number of rotatable bonds is 4. The summed E-state index contributed by atoms with van der Waals surface area (Å²) >= 11 is 1.47. The van der Waals surface area contributed by atoms with Gasteiger partial charge in [0.2, 0.25) is 11.8 Å². The van der Waals surface area contributed by atoms with Crippen LogP contribution >= 0.6 is 11.8 Å². The van der Waals surface area contributed by atoms with Crippen LogP contribution in [0.25, 0.3) is 0 Å². The van der Waals surface area contributed by atoms with Crippen LogP contribution in [0.5, 0.6) is 0 Å². The Bertz CT molecular complexity index is 516. The second-order valence-corrected chi connectivity index (χ2v) is 6.31. The van der Waals surface area contributed by atoms with Crippen LogP contribution in [-0.2, 0) is 9.59 Å². The SMILES string of the molecule is CCN(C(=O)CC1Sc2ccccc2NC1=O)C(C)C. The van der Waals surface area contributed by atoms with Gasteiger partial charge in [0, 0.05) is 23.9 Å². The highest BCUT2D eigenvalue weighted by Crippen LogP contribution is 2.36. The molecular formula is C15H20N2O2S. The summed E-state index contributed by atoms with van der Waals surface area (Å²) in [6, 6.07) is 7.84. The molecule has 0 aliphatic carbocycles. The zero-order valence-corrected chi connectivity index (χ0v) is 12.9. The molecule has 108 valence electrons. The predicted molar refractivity (Wildman–Crippen MR) is 81.9 cm³/mol. The molecule has 5 heteroatoms. The largest absolute Gasteiger partial charge is 0.341 e. The van der Waals surface area contributed by atoms with Gasteiger partial charge in [-0.15, -0.1) is 11.8 Å². The van der Waals surface area contributed by atoms with Gasteiger partial charge in [-0.25, -0.2) is 0 Å². The summed E-state index contributed by atoms with van der Waals surface area (Å²) in [4.78, 5) is 27.2. The van der Waals surface area contributed by atoms with Gasteiger partial charge in [0.05, 0.1) is 10.9 Å². The molecular weight excluding hydrogens is 272 g/mol.